The molecule has 2 N–H and O–H groups in total. The highest BCUT2D eigenvalue weighted by atomic mass is 31.2. The Bertz CT molecular complexity index is 249. The summed E-state index contributed by atoms with van der Waals surface area (Å²) in [4.78, 5) is 18.5. The van der Waals surface area contributed by atoms with Gasteiger partial charge in [0.2, 0.25) is 6.61 Å². The van der Waals surface area contributed by atoms with Crippen LogP contribution in [-0.2, 0) is 23.1 Å². The van der Waals surface area contributed by atoms with E-state index in [2.05, 4.69) is 13.8 Å². The molecule has 0 aromatic rings. The van der Waals surface area contributed by atoms with Gasteiger partial charge in [0.05, 0.1) is 0 Å². The number of phosphoric acid groups is 1. The molecule has 80 valence electrons. The van der Waals surface area contributed by atoms with Gasteiger partial charge in [-0.25, -0.2) is 4.57 Å². The van der Waals surface area contributed by atoms with Gasteiger partial charge < -0.3 is 14.7 Å². The first-order valence-corrected chi connectivity index (χ1v) is 4.92. The Hall–Kier alpha value is -1.01. The lowest BCUT2D eigenvalue weighted by atomic mass is 10.6. The third-order valence-corrected chi connectivity index (χ3v) is 1.81. The topological polar surface area (TPSA) is 102 Å². The zero-order valence-corrected chi connectivity index (χ0v) is 8.22. The average Bonchev–Trinajstić information content (AvgIpc) is 2.11. The Morgan fingerprint density at radius 3 is 2.79 bits per heavy atom. The van der Waals surface area contributed by atoms with Crippen LogP contribution in [0.5, 0.6) is 0 Å². The van der Waals surface area contributed by atoms with Crippen LogP contribution in [0, 0.1) is 6.61 Å². The Morgan fingerprint density at radius 2 is 2.29 bits per heavy atom. The molecule has 8 heteroatoms. The molecule has 0 rings (SSSR count). The van der Waals surface area contributed by atoms with Gasteiger partial charge in [-0.15, -0.1) is 0 Å². The number of carbonyl (C=O) groups is 1. The van der Waals surface area contributed by atoms with Crippen molar-refractivity contribution in [3.05, 3.63) is 18.6 Å². The maximum atomic E-state index is 10.8. The lowest BCUT2D eigenvalue weighted by molar-refractivity contribution is -0.124. The molecule has 0 radical (unpaired) electrons. The minimum absolute atomic E-state index is 0.0745. The summed E-state index contributed by atoms with van der Waals surface area (Å²) in [6, 6.07) is 0. The Morgan fingerprint density at radius 1 is 1.64 bits per heavy atom. The predicted octanol–water partition coefficient (Wildman–Crippen LogP) is 0.874. The maximum absolute atomic E-state index is 10.8. The number of aliphatic hydroxyl groups excluding tert-OH is 1. The Balaban J connectivity index is 3.92. The van der Waals surface area contributed by atoms with E-state index in [0.29, 0.717) is 6.26 Å². The molecule has 0 aromatic carbocycles. The van der Waals surface area contributed by atoms with Gasteiger partial charge in [0.25, 0.3) is 6.47 Å². The molecule has 0 saturated carbocycles. The van der Waals surface area contributed by atoms with Crippen molar-refractivity contribution in [2.45, 2.75) is 6.92 Å². The van der Waals surface area contributed by atoms with Crippen molar-refractivity contribution in [1.29, 1.82) is 0 Å². The normalized spacial score (nSPS) is 15.7. The lowest BCUT2D eigenvalue weighted by Gasteiger charge is -2.04. The maximum Gasteiger partial charge on any atom is 0.512 e. The van der Waals surface area contributed by atoms with Crippen LogP contribution in [0.15, 0.2) is 12.0 Å². The number of carbonyl (C=O) groups excluding carboxylic acids is 1. The third-order valence-electron chi connectivity index (χ3n) is 0.874. The van der Waals surface area contributed by atoms with Crippen molar-refractivity contribution in [2.24, 2.45) is 0 Å². The second kappa shape index (κ2) is 6.44. The number of aliphatic hydroxyl groups is 1. The molecule has 0 aliphatic carbocycles. The molecule has 14 heavy (non-hydrogen) atoms. The van der Waals surface area contributed by atoms with Crippen LogP contribution < -0.4 is 0 Å². The van der Waals surface area contributed by atoms with Crippen molar-refractivity contribution < 1.29 is 33.1 Å². The van der Waals surface area contributed by atoms with Crippen LogP contribution in [-0.4, -0.2) is 23.1 Å². The zero-order valence-electron chi connectivity index (χ0n) is 7.32. The lowest BCUT2D eigenvalue weighted by Crippen LogP contribution is -1.98. The van der Waals surface area contributed by atoms with Gasteiger partial charge in [-0.05, 0) is 0 Å². The van der Waals surface area contributed by atoms with Gasteiger partial charge in [0, 0.05) is 0 Å². The molecule has 0 fully saturated rings. The van der Waals surface area contributed by atoms with Crippen LogP contribution in [0.4, 0.5) is 0 Å². The molecule has 0 spiro atoms. The molecule has 1 atom stereocenters. The quantitative estimate of drug-likeness (QED) is 0.287. The highest BCUT2D eigenvalue weighted by Crippen LogP contribution is 2.43. The summed E-state index contributed by atoms with van der Waals surface area (Å²) in [5, 5.41) is 8.87. The summed E-state index contributed by atoms with van der Waals surface area (Å²) in [6.45, 7) is 1.83. The van der Waals surface area contributed by atoms with Crippen molar-refractivity contribution >= 4 is 14.3 Å². The average molecular weight is 225 g/mol. The number of hydrogen-bond donors (Lipinski definition) is 2. The summed E-state index contributed by atoms with van der Waals surface area (Å²) in [6.07, 6.45) is 0.669. The van der Waals surface area contributed by atoms with E-state index >= 15 is 0 Å². The van der Waals surface area contributed by atoms with Gasteiger partial charge in [-0.1, -0.05) is 4.52 Å². The summed E-state index contributed by atoms with van der Waals surface area (Å²) >= 11 is 0. The summed E-state index contributed by atoms with van der Waals surface area (Å²) < 4.78 is 23.3. The number of hydrogen-bond acceptors (Lipinski definition) is 6. The predicted molar refractivity (Wildman–Crippen MR) is 44.7 cm³/mol. The molecule has 7 nitrogen and oxygen atoms in total. The first-order valence-electron chi connectivity index (χ1n) is 3.42. The molecule has 0 saturated heterocycles. The molecular weight excluding hydrogens is 215 g/mol. The number of ether oxygens (including phenoxy) is 1. The third kappa shape index (κ3) is 6.50. The van der Waals surface area contributed by atoms with E-state index in [-0.39, 0.29) is 6.47 Å². The van der Waals surface area contributed by atoms with Crippen LogP contribution in [0.2, 0.25) is 0 Å². The fourth-order valence-corrected chi connectivity index (χ4v) is 1.07. The minimum Gasteiger partial charge on any atom is -0.507 e. The smallest absolute Gasteiger partial charge is 0.507 e. The molecule has 0 heterocycles. The molecular formula is C6H10O7P+. The van der Waals surface area contributed by atoms with E-state index in [1.54, 1.807) is 0 Å². The molecule has 0 amide bonds. The van der Waals surface area contributed by atoms with Gasteiger partial charge in [-0.3, -0.25) is 9.32 Å². The first-order chi connectivity index (χ1) is 6.52. The highest BCUT2D eigenvalue weighted by molar-refractivity contribution is 7.47. The highest BCUT2D eigenvalue weighted by Gasteiger charge is 2.25. The second-order valence-electron chi connectivity index (χ2n) is 1.92. The zero-order chi connectivity index (χ0) is 11.0. The van der Waals surface area contributed by atoms with Crippen LogP contribution >= 0.6 is 7.82 Å². The standard InChI is InChI=1S/C6H9O7P/c1-2-12-14(9,10)13-4-6(8)3-11-5-7/h2-3,5H,4H2,1H3,(H-,8,9,10)/p+1/b6-3-. The van der Waals surface area contributed by atoms with E-state index < -0.39 is 20.2 Å². The molecule has 1 unspecified atom stereocenters. The van der Waals surface area contributed by atoms with Crippen molar-refractivity contribution in [3.8, 4) is 0 Å². The van der Waals surface area contributed by atoms with Gasteiger partial charge in [0.1, 0.15) is 19.8 Å². The van der Waals surface area contributed by atoms with Crippen LogP contribution in [0.25, 0.3) is 0 Å². The summed E-state index contributed by atoms with van der Waals surface area (Å²) in [5.41, 5.74) is 0. The van der Waals surface area contributed by atoms with E-state index in [1.807, 2.05) is 0 Å². The van der Waals surface area contributed by atoms with Gasteiger partial charge >= 0.3 is 7.82 Å². The fraction of sp³-hybridized carbons (Fsp3) is 0.333. The van der Waals surface area contributed by atoms with Gasteiger partial charge in [-0.2, -0.15) is 0 Å². The molecule has 0 bridgehead atoms. The number of rotatable bonds is 7. The largest absolute Gasteiger partial charge is 0.512 e. The second-order valence-corrected chi connectivity index (χ2v) is 3.33. The monoisotopic (exact) mass is 225 g/mol. The molecule has 0 aromatic heterocycles. The van der Waals surface area contributed by atoms with Crippen molar-refractivity contribution in [1.82, 2.24) is 0 Å². The van der Waals surface area contributed by atoms with Crippen LogP contribution in [0.3, 0.4) is 0 Å². The number of phosphoric ester groups is 1. The molecule has 0 aliphatic heterocycles. The Kier molecular flexibility index (Phi) is 5.98. The van der Waals surface area contributed by atoms with E-state index in [0.717, 1.165) is 6.61 Å². The Labute approximate surface area is 80.5 Å². The van der Waals surface area contributed by atoms with Crippen molar-refractivity contribution in [2.75, 3.05) is 6.61 Å². The molecule has 0 aliphatic rings. The van der Waals surface area contributed by atoms with Gasteiger partial charge in [0.15, 0.2) is 5.76 Å². The fourth-order valence-electron chi connectivity index (χ4n) is 0.452. The van der Waals surface area contributed by atoms with Crippen molar-refractivity contribution in [3.63, 3.8) is 0 Å². The van der Waals surface area contributed by atoms with E-state index in [1.165, 1.54) is 6.92 Å². The van der Waals surface area contributed by atoms with E-state index in [9.17, 15) is 9.36 Å². The summed E-state index contributed by atoms with van der Waals surface area (Å²) in [7, 11) is -4.18. The minimum atomic E-state index is -4.18. The van der Waals surface area contributed by atoms with Crippen LogP contribution in [0.1, 0.15) is 6.92 Å². The SMILES string of the molecule is C[CH+]OP(=O)(O)OC/C(O)=C/OC=O. The summed E-state index contributed by atoms with van der Waals surface area (Å²) in [5.74, 6) is -0.522. The first kappa shape index (κ1) is 13.0. The van der Waals surface area contributed by atoms with E-state index in [4.69, 9.17) is 10.00 Å².